The van der Waals surface area contributed by atoms with Crippen molar-refractivity contribution in [1.82, 2.24) is 0 Å². The van der Waals surface area contributed by atoms with Gasteiger partial charge < -0.3 is 0 Å². The second-order valence-corrected chi connectivity index (χ2v) is 10.4. The van der Waals surface area contributed by atoms with Gasteiger partial charge in [-0.1, -0.05) is 32.2 Å². The summed E-state index contributed by atoms with van der Waals surface area (Å²) in [6, 6.07) is 0. The Balaban J connectivity index is 1.56. The Labute approximate surface area is 170 Å². The Morgan fingerprint density at radius 3 is 2.74 bits per heavy atom. The first-order chi connectivity index (χ1) is 14.5. The molecule has 0 bridgehead atoms. The maximum absolute atomic E-state index is 13.3. The Morgan fingerprint density at radius 2 is 1.96 bits per heavy atom. The van der Waals surface area contributed by atoms with Crippen LogP contribution >= 0.6 is 0 Å². The van der Waals surface area contributed by atoms with E-state index in [1.807, 2.05) is 0 Å². The van der Waals surface area contributed by atoms with Gasteiger partial charge in [0.2, 0.25) is 0 Å². The number of carbonyl (C=O) groups excluding carboxylic acids is 2. The molecule has 0 aromatic rings. The van der Waals surface area contributed by atoms with Gasteiger partial charge in [-0.3, -0.25) is 9.59 Å². The summed E-state index contributed by atoms with van der Waals surface area (Å²) >= 11 is 0. The summed E-state index contributed by atoms with van der Waals surface area (Å²) in [5.74, 6) is 1.24. The summed E-state index contributed by atoms with van der Waals surface area (Å²) in [6.07, 6.45) is 4.87. The Morgan fingerprint density at radius 1 is 1.15 bits per heavy atom. The highest BCUT2D eigenvalue weighted by atomic mass is 16.1. The van der Waals surface area contributed by atoms with Crippen LogP contribution in [0.15, 0.2) is 11.6 Å². The van der Waals surface area contributed by atoms with E-state index in [9.17, 15) is 9.59 Å². The third-order valence-electron chi connectivity index (χ3n) is 9.86. The Kier molecular flexibility index (Phi) is 3.03. The van der Waals surface area contributed by atoms with Crippen LogP contribution in [0.1, 0.15) is 96.8 Å². The van der Waals surface area contributed by atoms with Gasteiger partial charge in [0, 0.05) is 17.3 Å². The summed E-state index contributed by atoms with van der Waals surface area (Å²) in [7, 11) is 0. The van der Waals surface area contributed by atoms with Gasteiger partial charge in [0.15, 0.2) is 5.78 Å². The first-order valence-electron chi connectivity index (χ1n) is 13.2. The van der Waals surface area contributed by atoms with E-state index < -0.39 is 36.4 Å². The number of carbonyl (C=O) groups is 2. The third kappa shape index (κ3) is 2.14. The Bertz CT molecular complexity index is 856. The number of Topliss-reactive ketones (excluding diaryl/α,β-unsaturated/α-hetero) is 1. The maximum atomic E-state index is 13.3. The lowest BCUT2D eigenvalue weighted by molar-refractivity contribution is -0.148. The molecule has 0 N–H and O–H groups in total. The fourth-order valence-corrected chi connectivity index (χ4v) is 8.54. The van der Waals surface area contributed by atoms with Crippen LogP contribution in [0.2, 0.25) is 0 Å². The largest absolute Gasteiger partial charge is 0.299 e. The monoisotopic (exact) mass is 376 g/mol. The molecule has 5 aliphatic carbocycles. The van der Waals surface area contributed by atoms with Crippen molar-refractivity contribution in [1.29, 1.82) is 0 Å². The van der Waals surface area contributed by atoms with E-state index in [-0.39, 0.29) is 28.8 Å². The highest BCUT2D eigenvalue weighted by Gasteiger charge is 2.69. The molecule has 4 fully saturated rings. The summed E-state index contributed by atoms with van der Waals surface area (Å²) < 4.78 is 34.1. The standard InChI is InChI=1S/C25H36O2/c1-16(26)25-11-5-4-6-18(25)15-22-20-8-7-17-14-19(27)9-12-23(17,2)21(20)10-13-24(22,25)3/h14,18,20-22H,4-13,15H2,1-3H3/t18-,20-,21+,22+,23+,24+,25+/m1/s1/i4T,5T,9T,12T/t4?,5?,9?,12?,18-,20-,21+,22+,23+,24+,25+. The van der Waals surface area contributed by atoms with Crippen LogP contribution in [0.3, 0.4) is 0 Å². The molecule has 0 aromatic heterocycles. The van der Waals surface area contributed by atoms with Crippen LogP contribution in [-0.2, 0) is 9.59 Å². The van der Waals surface area contributed by atoms with Gasteiger partial charge >= 0.3 is 0 Å². The van der Waals surface area contributed by atoms with E-state index in [2.05, 4.69) is 13.8 Å². The number of hydrogen-bond acceptors (Lipinski definition) is 2. The first kappa shape index (κ1) is 14.1. The van der Waals surface area contributed by atoms with Crippen LogP contribution in [0.5, 0.6) is 0 Å². The number of ketones is 2. The van der Waals surface area contributed by atoms with Crippen LogP contribution in [0.25, 0.3) is 0 Å². The average molecular weight is 377 g/mol. The lowest BCUT2D eigenvalue weighted by Crippen LogP contribution is -2.55. The van der Waals surface area contributed by atoms with Crippen molar-refractivity contribution >= 4 is 11.6 Å². The van der Waals surface area contributed by atoms with Crippen molar-refractivity contribution in [3.63, 3.8) is 0 Å². The number of fused-ring (bicyclic) bond motifs is 7. The second kappa shape index (κ2) is 5.80. The minimum absolute atomic E-state index is 0.149. The van der Waals surface area contributed by atoms with Crippen LogP contribution in [0, 0.1) is 39.9 Å². The van der Waals surface area contributed by atoms with Gasteiger partial charge in [0.25, 0.3) is 0 Å². The number of hydrogen-bond donors (Lipinski definition) is 0. The van der Waals surface area contributed by atoms with Gasteiger partial charge in [0.05, 0.1) is 0 Å². The highest BCUT2D eigenvalue weighted by molar-refractivity contribution is 5.91. The van der Waals surface area contributed by atoms with Gasteiger partial charge in [0.1, 0.15) is 5.78 Å². The van der Waals surface area contributed by atoms with Crippen LogP contribution in [-0.4, -0.2) is 11.6 Å². The number of allylic oxidation sites excluding steroid dienone is 1. The van der Waals surface area contributed by atoms with E-state index in [0.29, 0.717) is 24.7 Å². The van der Waals surface area contributed by atoms with Crippen LogP contribution in [0.4, 0.5) is 0 Å². The van der Waals surface area contributed by atoms with Crippen molar-refractivity contribution in [2.75, 3.05) is 0 Å². The summed E-state index contributed by atoms with van der Waals surface area (Å²) in [5.41, 5.74) is 0.0200. The lowest BCUT2D eigenvalue weighted by Gasteiger charge is -2.60. The van der Waals surface area contributed by atoms with Gasteiger partial charge in [-0.05, 0) is 98.8 Å². The maximum Gasteiger partial charge on any atom is 0.155 e. The minimum atomic E-state index is -0.997. The molecule has 0 aliphatic heterocycles. The highest BCUT2D eigenvalue weighted by Crippen LogP contribution is 2.74. The molecule has 2 nitrogen and oxygen atoms in total. The van der Waals surface area contributed by atoms with E-state index in [4.69, 9.17) is 5.48 Å². The predicted octanol–water partition coefficient (Wildman–Crippen LogP) is 5.89. The molecular formula is C25H36O2. The molecule has 4 saturated carbocycles. The van der Waals surface area contributed by atoms with Crippen molar-refractivity contribution < 1.29 is 15.1 Å². The zero-order valence-electron chi connectivity index (χ0n) is 21.0. The van der Waals surface area contributed by atoms with Gasteiger partial charge in [-0.15, -0.1) is 0 Å². The third-order valence-corrected chi connectivity index (χ3v) is 9.86. The van der Waals surface area contributed by atoms with Crippen molar-refractivity contribution in [3.8, 4) is 0 Å². The van der Waals surface area contributed by atoms with Crippen LogP contribution < -0.4 is 0 Å². The summed E-state index contributed by atoms with van der Waals surface area (Å²) in [6.45, 7) is 6.16. The average Bonchev–Trinajstić information content (AvgIpc) is 2.97. The topological polar surface area (TPSA) is 34.1 Å². The molecule has 4 unspecified atom stereocenters. The smallest absolute Gasteiger partial charge is 0.155 e. The Hall–Kier alpha value is -0.920. The van der Waals surface area contributed by atoms with Crippen molar-refractivity contribution in [2.45, 2.75) is 91.3 Å². The van der Waals surface area contributed by atoms with E-state index in [0.717, 1.165) is 37.7 Å². The van der Waals surface area contributed by atoms with E-state index in [1.54, 1.807) is 13.0 Å². The molecule has 5 rings (SSSR count). The molecule has 2 heteroatoms. The molecule has 0 amide bonds. The van der Waals surface area contributed by atoms with Gasteiger partial charge in [-0.25, -0.2) is 0 Å². The van der Waals surface area contributed by atoms with E-state index >= 15 is 0 Å². The molecule has 5 aliphatic rings. The van der Waals surface area contributed by atoms with Crippen molar-refractivity contribution in [2.24, 2.45) is 39.9 Å². The zero-order chi connectivity index (χ0) is 22.5. The summed E-state index contributed by atoms with van der Waals surface area (Å²) in [5, 5.41) is 0. The molecule has 27 heavy (non-hydrogen) atoms. The molecular weight excluding hydrogens is 332 g/mol. The second-order valence-electron chi connectivity index (χ2n) is 10.4. The zero-order valence-corrected chi connectivity index (χ0v) is 17.0. The quantitative estimate of drug-likeness (QED) is 0.571. The lowest BCUT2D eigenvalue weighted by atomic mass is 9.44. The van der Waals surface area contributed by atoms with Gasteiger partial charge in [-0.2, -0.15) is 0 Å². The SMILES string of the molecule is [3H]C1C[C@@H]2C[C@H]3[C@@H]4CCC5=CC(=O)C([3H])C([3H])[C@]5(C)[C@H]4CC[C@]3(C)[C@]2(C(C)=O)CC1[3H]. The van der Waals surface area contributed by atoms with E-state index in [1.165, 1.54) is 0 Å². The molecule has 0 spiro atoms. The molecule has 0 saturated heterocycles. The molecule has 0 aromatic carbocycles. The molecule has 0 radical (unpaired) electrons. The molecule has 11 atom stereocenters. The first-order valence-corrected chi connectivity index (χ1v) is 10.9. The molecule has 148 valence electrons. The summed E-state index contributed by atoms with van der Waals surface area (Å²) in [4.78, 5) is 25.5. The number of rotatable bonds is 1. The fraction of sp³-hybridized carbons (Fsp3) is 0.840. The minimum Gasteiger partial charge on any atom is -0.299 e. The predicted molar refractivity (Wildman–Crippen MR) is 107 cm³/mol. The fourth-order valence-electron chi connectivity index (χ4n) is 8.54. The van der Waals surface area contributed by atoms with Crippen molar-refractivity contribution in [3.05, 3.63) is 11.6 Å². The molecule has 0 heterocycles. The normalized spacial score (nSPS) is 64.6.